The van der Waals surface area contributed by atoms with Crippen LogP contribution in [-0.4, -0.2) is 18.9 Å². The molecule has 0 amide bonds. The Bertz CT molecular complexity index is 282. The summed E-state index contributed by atoms with van der Waals surface area (Å²) >= 11 is 0. The normalized spacial score (nSPS) is 12.1. The lowest BCUT2D eigenvalue weighted by atomic mass is 10.2. The van der Waals surface area contributed by atoms with Gasteiger partial charge in [-0.3, -0.25) is 0 Å². The lowest BCUT2D eigenvalue weighted by molar-refractivity contribution is -0.0782. The minimum absolute atomic E-state index is 0.418. The highest BCUT2D eigenvalue weighted by atomic mass is 16.7. The highest BCUT2D eigenvalue weighted by molar-refractivity contribution is 5.89. The summed E-state index contributed by atoms with van der Waals surface area (Å²) in [5, 5.41) is 0. The van der Waals surface area contributed by atoms with E-state index in [2.05, 4.69) is 6.92 Å². The molecule has 0 saturated carbocycles. The predicted molar refractivity (Wildman–Crippen MR) is 52.6 cm³/mol. The predicted octanol–water partition coefficient (Wildman–Crippen LogP) is 2.04. The number of esters is 1. The number of hydrogen-bond donors (Lipinski definition) is 0. The monoisotopic (exact) mass is 193 g/mol. The van der Waals surface area contributed by atoms with Gasteiger partial charge in [-0.05, 0) is 19.1 Å². The molecule has 1 aromatic rings. The number of carbonyl (C=O) groups is 1. The van der Waals surface area contributed by atoms with E-state index in [1.54, 1.807) is 24.3 Å². The van der Waals surface area contributed by atoms with Crippen LogP contribution in [-0.2, 0) is 9.47 Å². The highest BCUT2D eigenvalue weighted by Gasteiger charge is 2.10. The second-order valence-corrected chi connectivity index (χ2v) is 2.66. The number of benzene rings is 1. The Morgan fingerprint density at radius 3 is 2.64 bits per heavy atom. The third kappa shape index (κ3) is 3.18. The van der Waals surface area contributed by atoms with Gasteiger partial charge in [0.2, 0.25) is 6.29 Å². The van der Waals surface area contributed by atoms with Crippen LogP contribution in [0.1, 0.15) is 17.3 Å². The third-order valence-electron chi connectivity index (χ3n) is 1.60. The smallest absolute Gasteiger partial charge is 0.340 e. The van der Waals surface area contributed by atoms with Crippen LogP contribution in [0, 0.1) is 6.92 Å². The molecule has 1 atom stereocenters. The van der Waals surface area contributed by atoms with Crippen LogP contribution >= 0.6 is 0 Å². The molecule has 0 saturated heterocycles. The minimum atomic E-state index is -0.743. The molecule has 3 heteroatoms. The molecule has 0 aromatic heterocycles. The third-order valence-corrected chi connectivity index (χ3v) is 1.60. The average Bonchev–Trinajstić information content (AvgIpc) is 2.19. The Morgan fingerprint density at radius 1 is 1.43 bits per heavy atom. The van der Waals surface area contributed by atoms with Gasteiger partial charge < -0.3 is 9.47 Å². The first-order chi connectivity index (χ1) is 6.74. The van der Waals surface area contributed by atoms with Crippen molar-refractivity contribution >= 4 is 5.97 Å². The number of ether oxygens (including phenoxy) is 2. The molecule has 3 nitrogen and oxygen atoms in total. The summed E-state index contributed by atoms with van der Waals surface area (Å²) in [7, 11) is 0. The van der Waals surface area contributed by atoms with Gasteiger partial charge in [-0.25, -0.2) is 4.79 Å². The average molecular weight is 193 g/mol. The van der Waals surface area contributed by atoms with Crippen LogP contribution in [0.4, 0.5) is 0 Å². The Balaban J connectivity index is 2.51. The zero-order chi connectivity index (χ0) is 10.4. The summed E-state index contributed by atoms with van der Waals surface area (Å²) in [5.74, 6) is -0.418. The van der Waals surface area contributed by atoms with Gasteiger partial charge >= 0.3 is 5.97 Å². The fourth-order valence-electron chi connectivity index (χ4n) is 0.982. The van der Waals surface area contributed by atoms with Crippen molar-refractivity contribution in [1.29, 1.82) is 0 Å². The lowest BCUT2D eigenvalue weighted by Crippen LogP contribution is -2.18. The van der Waals surface area contributed by atoms with Crippen molar-refractivity contribution in [1.82, 2.24) is 0 Å². The second-order valence-electron chi connectivity index (χ2n) is 2.66. The highest BCUT2D eigenvalue weighted by Crippen LogP contribution is 2.03. The maximum atomic E-state index is 11.4. The minimum Gasteiger partial charge on any atom is -0.432 e. The Hall–Kier alpha value is -1.35. The summed E-state index contributed by atoms with van der Waals surface area (Å²) in [6, 6.07) is 8.74. The van der Waals surface area contributed by atoms with E-state index in [9.17, 15) is 4.79 Å². The molecule has 0 fully saturated rings. The molecule has 0 N–H and O–H groups in total. The van der Waals surface area contributed by atoms with E-state index in [0.29, 0.717) is 12.2 Å². The van der Waals surface area contributed by atoms with Crippen molar-refractivity contribution in [3.8, 4) is 0 Å². The first-order valence-electron chi connectivity index (χ1n) is 4.44. The van der Waals surface area contributed by atoms with Gasteiger partial charge in [0.25, 0.3) is 0 Å². The number of hydrogen-bond acceptors (Lipinski definition) is 3. The first kappa shape index (κ1) is 10.7. The second kappa shape index (κ2) is 5.40. The molecule has 0 aliphatic carbocycles. The van der Waals surface area contributed by atoms with Crippen molar-refractivity contribution in [3.63, 3.8) is 0 Å². The summed E-state index contributed by atoms with van der Waals surface area (Å²) in [6.07, 6.45) is -0.743. The van der Waals surface area contributed by atoms with Crippen LogP contribution in [0.3, 0.4) is 0 Å². The fourth-order valence-corrected chi connectivity index (χ4v) is 0.982. The van der Waals surface area contributed by atoms with Crippen molar-refractivity contribution in [2.24, 2.45) is 0 Å². The van der Waals surface area contributed by atoms with E-state index in [4.69, 9.17) is 9.47 Å². The van der Waals surface area contributed by atoms with E-state index in [0.717, 1.165) is 0 Å². The summed E-state index contributed by atoms with van der Waals surface area (Å²) in [6.45, 7) is 5.81. The summed E-state index contributed by atoms with van der Waals surface area (Å²) < 4.78 is 9.88. The van der Waals surface area contributed by atoms with Crippen molar-refractivity contribution in [3.05, 3.63) is 42.8 Å². The first-order valence-corrected chi connectivity index (χ1v) is 4.44. The Kier molecular flexibility index (Phi) is 4.13. The Morgan fingerprint density at radius 2 is 2.07 bits per heavy atom. The van der Waals surface area contributed by atoms with Crippen LogP contribution in [0.2, 0.25) is 0 Å². The van der Waals surface area contributed by atoms with Gasteiger partial charge in [-0.2, -0.15) is 0 Å². The number of rotatable bonds is 4. The van der Waals surface area contributed by atoms with Crippen molar-refractivity contribution < 1.29 is 14.3 Å². The van der Waals surface area contributed by atoms with E-state index < -0.39 is 12.3 Å². The molecular weight excluding hydrogens is 180 g/mol. The largest absolute Gasteiger partial charge is 0.432 e. The lowest BCUT2D eigenvalue weighted by Gasteiger charge is -2.12. The molecule has 0 spiro atoms. The van der Waals surface area contributed by atoms with Gasteiger partial charge in [-0.15, -0.1) is 0 Å². The van der Waals surface area contributed by atoms with Gasteiger partial charge in [0.15, 0.2) is 0 Å². The molecule has 0 heterocycles. The van der Waals surface area contributed by atoms with Gasteiger partial charge in [0.1, 0.15) is 0 Å². The van der Waals surface area contributed by atoms with E-state index in [1.165, 1.54) is 0 Å². The van der Waals surface area contributed by atoms with Crippen LogP contribution in [0.15, 0.2) is 30.3 Å². The summed E-state index contributed by atoms with van der Waals surface area (Å²) in [5.41, 5.74) is 0.501. The molecule has 1 radical (unpaired) electrons. The molecule has 75 valence electrons. The van der Waals surface area contributed by atoms with Crippen LogP contribution < -0.4 is 0 Å². The van der Waals surface area contributed by atoms with E-state index >= 15 is 0 Å². The zero-order valence-electron chi connectivity index (χ0n) is 8.10. The fraction of sp³-hybridized carbons (Fsp3) is 0.273. The van der Waals surface area contributed by atoms with Crippen molar-refractivity contribution in [2.75, 3.05) is 6.61 Å². The summed E-state index contributed by atoms with van der Waals surface area (Å²) in [4.78, 5) is 11.4. The van der Waals surface area contributed by atoms with Gasteiger partial charge in [0, 0.05) is 13.5 Å². The van der Waals surface area contributed by atoms with E-state index in [-0.39, 0.29) is 0 Å². The van der Waals surface area contributed by atoms with Crippen LogP contribution in [0.25, 0.3) is 0 Å². The van der Waals surface area contributed by atoms with Crippen LogP contribution in [0.5, 0.6) is 0 Å². The quantitative estimate of drug-likeness (QED) is 0.542. The molecule has 0 aliphatic rings. The maximum absolute atomic E-state index is 11.4. The molecule has 0 aliphatic heterocycles. The zero-order valence-corrected chi connectivity index (χ0v) is 8.10. The van der Waals surface area contributed by atoms with Gasteiger partial charge in [0.05, 0.1) is 5.56 Å². The Labute approximate surface area is 83.6 Å². The molecule has 1 aromatic carbocycles. The molecular formula is C11H13O3. The molecule has 0 bridgehead atoms. The molecule has 1 rings (SSSR count). The number of carbonyl (C=O) groups excluding carboxylic acids is 1. The SMILES string of the molecule is [CH2]C(OCC)OC(=O)c1ccccc1. The van der Waals surface area contributed by atoms with E-state index in [1.807, 2.05) is 13.0 Å². The topological polar surface area (TPSA) is 35.5 Å². The van der Waals surface area contributed by atoms with Gasteiger partial charge in [-0.1, -0.05) is 18.2 Å². The maximum Gasteiger partial charge on any atom is 0.340 e. The molecule has 14 heavy (non-hydrogen) atoms. The van der Waals surface area contributed by atoms with Crippen molar-refractivity contribution in [2.45, 2.75) is 13.2 Å². The molecule has 1 unspecified atom stereocenters. The standard InChI is InChI=1S/C11H13O3/c1-3-13-9(2)14-11(12)10-7-5-4-6-8-10/h4-9H,2-3H2,1H3.